The van der Waals surface area contributed by atoms with Crippen molar-refractivity contribution >= 4 is 16.9 Å². The fourth-order valence-electron chi connectivity index (χ4n) is 3.51. The number of nitrogens with one attached hydrogen (secondary N) is 3. The van der Waals surface area contributed by atoms with E-state index in [1.807, 2.05) is 18.2 Å². The van der Waals surface area contributed by atoms with Crippen molar-refractivity contribution in [2.75, 3.05) is 7.11 Å². The van der Waals surface area contributed by atoms with Gasteiger partial charge in [-0.15, -0.1) is 0 Å². The van der Waals surface area contributed by atoms with Gasteiger partial charge in [-0.25, -0.2) is 9.18 Å². The first kappa shape index (κ1) is 16.4. The average Bonchev–Trinajstić information content (AvgIpc) is 3.18. The van der Waals surface area contributed by atoms with E-state index in [-0.39, 0.29) is 17.9 Å². The second-order valence-corrected chi connectivity index (χ2v) is 6.55. The Morgan fingerprint density at radius 1 is 1.23 bits per heavy atom. The molecule has 1 unspecified atom stereocenters. The van der Waals surface area contributed by atoms with Crippen LogP contribution in [-0.2, 0) is 19.4 Å². The molecule has 1 aromatic heterocycles. The highest BCUT2D eigenvalue weighted by Crippen LogP contribution is 2.32. The standard InChI is InChI=1S/C20H20FN3O2/c1-26-15-6-7-18-17(10-15)16-8-14(9-19(16)24-18)23-20(25)22-11-12-2-4-13(21)5-3-12/h2-7,10,14,24H,8-9,11H2,1H3,(H2,22,23,25). The number of carbonyl (C=O) groups excluding carboxylic acids is 1. The second kappa shape index (κ2) is 6.71. The van der Waals surface area contributed by atoms with Crippen molar-refractivity contribution in [1.29, 1.82) is 0 Å². The van der Waals surface area contributed by atoms with E-state index in [0.717, 1.165) is 40.8 Å². The molecule has 1 aliphatic carbocycles. The molecule has 0 saturated carbocycles. The highest BCUT2D eigenvalue weighted by Gasteiger charge is 2.26. The van der Waals surface area contributed by atoms with E-state index >= 15 is 0 Å². The Balaban J connectivity index is 1.37. The summed E-state index contributed by atoms with van der Waals surface area (Å²) >= 11 is 0. The Labute approximate surface area is 150 Å². The predicted octanol–water partition coefficient (Wildman–Crippen LogP) is 3.28. The van der Waals surface area contributed by atoms with Gasteiger partial charge in [-0.05, 0) is 47.9 Å². The van der Waals surface area contributed by atoms with Gasteiger partial charge in [0.15, 0.2) is 0 Å². The zero-order valence-electron chi connectivity index (χ0n) is 14.4. The number of rotatable bonds is 4. The van der Waals surface area contributed by atoms with Crippen molar-refractivity contribution in [3.05, 3.63) is 65.1 Å². The van der Waals surface area contributed by atoms with E-state index in [4.69, 9.17) is 4.74 Å². The Morgan fingerprint density at radius 3 is 2.81 bits per heavy atom. The first-order valence-electron chi connectivity index (χ1n) is 8.58. The highest BCUT2D eigenvalue weighted by molar-refractivity contribution is 5.87. The topological polar surface area (TPSA) is 66.1 Å². The molecule has 0 spiro atoms. The van der Waals surface area contributed by atoms with Crippen LogP contribution in [0.25, 0.3) is 10.9 Å². The van der Waals surface area contributed by atoms with Crippen LogP contribution < -0.4 is 15.4 Å². The lowest BCUT2D eigenvalue weighted by atomic mass is 10.1. The summed E-state index contributed by atoms with van der Waals surface area (Å²) in [6.45, 7) is 0.365. The average molecular weight is 353 g/mol. The molecule has 5 nitrogen and oxygen atoms in total. The maximum atomic E-state index is 12.9. The first-order valence-corrected chi connectivity index (χ1v) is 8.58. The van der Waals surface area contributed by atoms with Crippen LogP contribution in [0.1, 0.15) is 16.8 Å². The van der Waals surface area contributed by atoms with Gasteiger partial charge >= 0.3 is 6.03 Å². The molecule has 0 saturated heterocycles. The molecular formula is C20H20FN3O2. The minimum Gasteiger partial charge on any atom is -0.497 e. The maximum Gasteiger partial charge on any atom is 0.315 e. The zero-order chi connectivity index (χ0) is 18.1. The Bertz CT molecular complexity index is 950. The van der Waals surface area contributed by atoms with Crippen molar-refractivity contribution in [3.63, 3.8) is 0 Å². The quantitative estimate of drug-likeness (QED) is 0.674. The van der Waals surface area contributed by atoms with E-state index in [2.05, 4.69) is 15.6 Å². The summed E-state index contributed by atoms with van der Waals surface area (Å²) in [5.74, 6) is 0.543. The van der Waals surface area contributed by atoms with Crippen LogP contribution in [0.2, 0.25) is 0 Å². The van der Waals surface area contributed by atoms with Crippen molar-refractivity contribution in [3.8, 4) is 5.75 Å². The Hall–Kier alpha value is -3.02. The van der Waals surface area contributed by atoms with Gasteiger partial charge in [-0.1, -0.05) is 12.1 Å². The molecule has 2 amide bonds. The van der Waals surface area contributed by atoms with Crippen molar-refractivity contribution in [2.45, 2.75) is 25.4 Å². The predicted molar refractivity (Wildman–Crippen MR) is 97.8 cm³/mol. The number of amides is 2. The molecule has 0 aliphatic heterocycles. The van der Waals surface area contributed by atoms with Crippen molar-refractivity contribution in [1.82, 2.24) is 15.6 Å². The van der Waals surface area contributed by atoms with Crippen molar-refractivity contribution in [2.24, 2.45) is 0 Å². The summed E-state index contributed by atoms with van der Waals surface area (Å²) in [6.07, 6.45) is 1.56. The van der Waals surface area contributed by atoms with Gasteiger partial charge in [-0.2, -0.15) is 0 Å². The highest BCUT2D eigenvalue weighted by atomic mass is 19.1. The molecule has 1 atom stereocenters. The lowest BCUT2D eigenvalue weighted by Crippen LogP contribution is -2.42. The Kier molecular flexibility index (Phi) is 4.24. The van der Waals surface area contributed by atoms with E-state index in [0.29, 0.717) is 6.54 Å². The second-order valence-electron chi connectivity index (χ2n) is 6.55. The molecule has 3 N–H and O–H groups in total. The third kappa shape index (κ3) is 3.22. The van der Waals surface area contributed by atoms with Gasteiger partial charge in [0.2, 0.25) is 0 Å². The fraction of sp³-hybridized carbons (Fsp3) is 0.250. The van der Waals surface area contributed by atoms with Gasteiger partial charge in [0.1, 0.15) is 11.6 Å². The van der Waals surface area contributed by atoms with Gasteiger partial charge in [0, 0.05) is 35.6 Å². The number of hydrogen-bond acceptors (Lipinski definition) is 2. The van der Waals surface area contributed by atoms with Gasteiger partial charge in [-0.3, -0.25) is 0 Å². The molecule has 1 aliphatic rings. The SMILES string of the molecule is COc1ccc2[nH]c3c(c2c1)CC(NC(=O)NCc1ccc(F)cc1)C3. The number of carbonyl (C=O) groups is 1. The molecule has 26 heavy (non-hydrogen) atoms. The third-order valence-electron chi connectivity index (χ3n) is 4.80. The van der Waals surface area contributed by atoms with Crippen LogP contribution in [0, 0.1) is 5.82 Å². The van der Waals surface area contributed by atoms with Crippen LogP contribution in [-0.4, -0.2) is 24.2 Å². The number of fused-ring (bicyclic) bond motifs is 3. The number of benzene rings is 2. The molecule has 6 heteroatoms. The van der Waals surface area contributed by atoms with Crippen LogP contribution in [0.15, 0.2) is 42.5 Å². The number of methoxy groups -OCH3 is 1. The van der Waals surface area contributed by atoms with Crippen LogP contribution >= 0.6 is 0 Å². The molecule has 3 aromatic rings. The summed E-state index contributed by atoms with van der Waals surface area (Å²) in [5, 5.41) is 6.98. The van der Waals surface area contributed by atoms with Gasteiger partial charge < -0.3 is 20.4 Å². The maximum absolute atomic E-state index is 12.9. The number of H-pyrrole nitrogens is 1. The van der Waals surface area contributed by atoms with E-state index in [9.17, 15) is 9.18 Å². The van der Waals surface area contributed by atoms with Gasteiger partial charge in [0.05, 0.1) is 7.11 Å². The zero-order valence-corrected chi connectivity index (χ0v) is 14.4. The molecular weight excluding hydrogens is 333 g/mol. The monoisotopic (exact) mass is 353 g/mol. The smallest absolute Gasteiger partial charge is 0.315 e. The number of urea groups is 1. The number of aromatic amines is 1. The fourth-order valence-corrected chi connectivity index (χ4v) is 3.51. The van der Waals surface area contributed by atoms with E-state index in [1.165, 1.54) is 17.7 Å². The first-order chi connectivity index (χ1) is 12.6. The molecule has 0 fully saturated rings. The van der Waals surface area contributed by atoms with Crippen molar-refractivity contribution < 1.29 is 13.9 Å². The molecule has 134 valence electrons. The molecule has 1 heterocycles. The largest absolute Gasteiger partial charge is 0.497 e. The number of hydrogen-bond donors (Lipinski definition) is 3. The third-order valence-corrected chi connectivity index (χ3v) is 4.80. The lowest BCUT2D eigenvalue weighted by molar-refractivity contribution is 0.237. The number of aromatic nitrogens is 1. The number of halogens is 1. The van der Waals surface area contributed by atoms with Gasteiger partial charge in [0.25, 0.3) is 0 Å². The van der Waals surface area contributed by atoms with Crippen LogP contribution in [0.5, 0.6) is 5.75 Å². The molecule has 0 bridgehead atoms. The van der Waals surface area contributed by atoms with E-state index < -0.39 is 0 Å². The van der Waals surface area contributed by atoms with E-state index in [1.54, 1.807) is 19.2 Å². The summed E-state index contributed by atoms with van der Waals surface area (Å²) in [5.41, 5.74) is 4.35. The summed E-state index contributed by atoms with van der Waals surface area (Å²) in [6, 6.07) is 11.9. The lowest BCUT2D eigenvalue weighted by Gasteiger charge is -2.13. The minimum atomic E-state index is -0.283. The molecule has 2 aromatic carbocycles. The summed E-state index contributed by atoms with van der Waals surface area (Å²) in [4.78, 5) is 15.6. The normalized spacial score (nSPS) is 15.7. The molecule has 0 radical (unpaired) electrons. The minimum absolute atomic E-state index is 0.0556. The summed E-state index contributed by atoms with van der Waals surface area (Å²) < 4.78 is 18.2. The Morgan fingerprint density at radius 2 is 2.04 bits per heavy atom. The summed E-state index contributed by atoms with van der Waals surface area (Å²) in [7, 11) is 1.66. The molecule has 4 rings (SSSR count). The number of ether oxygens (including phenoxy) is 1. The van der Waals surface area contributed by atoms with Crippen LogP contribution in [0.3, 0.4) is 0 Å². The van der Waals surface area contributed by atoms with Crippen LogP contribution in [0.4, 0.5) is 9.18 Å².